The topological polar surface area (TPSA) is 61.7 Å². The minimum Gasteiger partial charge on any atom is -0.504 e. The van der Waals surface area contributed by atoms with E-state index in [1.807, 2.05) is 0 Å². The van der Waals surface area contributed by atoms with Gasteiger partial charge in [0.2, 0.25) is 0 Å². The lowest BCUT2D eigenvalue weighted by molar-refractivity contribution is 0.158. The van der Waals surface area contributed by atoms with Gasteiger partial charge in [0.25, 0.3) is 0 Å². The molecule has 1 rings (SSSR count). The Balaban J connectivity index is 2.34. The van der Waals surface area contributed by atoms with Crippen molar-refractivity contribution in [3.8, 4) is 11.5 Å². The van der Waals surface area contributed by atoms with Gasteiger partial charge < -0.3 is 20.3 Å². The fraction of sp³-hybridized carbons (Fsp3) is 0.500. The lowest BCUT2D eigenvalue weighted by Crippen LogP contribution is -2.23. The number of hydrogen-bond donors (Lipinski definition) is 3. The van der Waals surface area contributed by atoms with Crippen molar-refractivity contribution in [2.45, 2.75) is 13.5 Å². The zero-order valence-electron chi connectivity index (χ0n) is 9.73. The van der Waals surface area contributed by atoms with Crippen molar-refractivity contribution < 1.29 is 14.9 Å². The van der Waals surface area contributed by atoms with Gasteiger partial charge in [0.05, 0.1) is 0 Å². The molecule has 16 heavy (non-hydrogen) atoms. The number of benzene rings is 1. The highest BCUT2D eigenvalue weighted by atomic mass is 16.5. The molecule has 0 heterocycles. The Hall–Kier alpha value is -1.26. The van der Waals surface area contributed by atoms with E-state index >= 15 is 0 Å². The molecule has 3 N–H and O–H groups in total. The van der Waals surface area contributed by atoms with Crippen molar-refractivity contribution >= 4 is 0 Å². The third-order valence-electron chi connectivity index (χ3n) is 2.31. The summed E-state index contributed by atoms with van der Waals surface area (Å²) in [4.78, 5) is 0. The molecule has 0 radical (unpaired) electrons. The van der Waals surface area contributed by atoms with Gasteiger partial charge in [0.1, 0.15) is 0 Å². The van der Waals surface area contributed by atoms with E-state index in [-0.39, 0.29) is 11.5 Å². The molecule has 1 aromatic rings. The maximum absolute atomic E-state index is 9.30. The summed E-state index contributed by atoms with van der Waals surface area (Å²) in [6, 6.07) is 4.83. The number of ether oxygens (including phenoxy) is 1. The number of phenols is 2. The molecule has 0 aliphatic rings. The maximum Gasteiger partial charge on any atom is 0.157 e. The van der Waals surface area contributed by atoms with Gasteiger partial charge in [-0.3, -0.25) is 0 Å². The zero-order chi connectivity index (χ0) is 12.0. The molecule has 0 saturated heterocycles. The number of hydrogen-bond acceptors (Lipinski definition) is 4. The maximum atomic E-state index is 9.30. The van der Waals surface area contributed by atoms with Crippen LogP contribution in [0.4, 0.5) is 0 Å². The summed E-state index contributed by atoms with van der Waals surface area (Å²) in [5.41, 5.74) is 0.944. The van der Waals surface area contributed by atoms with Crippen LogP contribution in [-0.4, -0.2) is 30.5 Å². The minimum atomic E-state index is -0.0866. The average Bonchev–Trinajstić information content (AvgIpc) is 2.24. The Morgan fingerprint density at radius 2 is 2.06 bits per heavy atom. The van der Waals surface area contributed by atoms with Gasteiger partial charge in [0.15, 0.2) is 11.5 Å². The highest BCUT2D eigenvalue weighted by molar-refractivity contribution is 5.40. The van der Waals surface area contributed by atoms with Gasteiger partial charge in [-0.2, -0.15) is 0 Å². The Morgan fingerprint density at radius 1 is 1.31 bits per heavy atom. The van der Waals surface area contributed by atoms with E-state index in [0.29, 0.717) is 12.5 Å². The summed E-state index contributed by atoms with van der Waals surface area (Å²) < 4.78 is 5.03. The van der Waals surface area contributed by atoms with Crippen molar-refractivity contribution in [3.63, 3.8) is 0 Å². The van der Waals surface area contributed by atoms with Crippen molar-refractivity contribution in [2.24, 2.45) is 5.92 Å². The van der Waals surface area contributed by atoms with E-state index in [0.717, 1.165) is 18.7 Å². The third kappa shape index (κ3) is 4.08. The molecule has 0 aromatic heterocycles. The predicted molar refractivity (Wildman–Crippen MR) is 62.5 cm³/mol. The molecule has 0 aliphatic carbocycles. The molecule has 1 atom stereocenters. The van der Waals surface area contributed by atoms with Crippen LogP contribution in [0, 0.1) is 5.92 Å². The molecule has 4 heteroatoms. The van der Waals surface area contributed by atoms with Crippen LogP contribution < -0.4 is 5.32 Å². The SMILES string of the molecule is COCC(C)CNCc1ccc(O)c(O)c1. The van der Waals surface area contributed by atoms with Crippen molar-refractivity contribution in [3.05, 3.63) is 23.8 Å². The Morgan fingerprint density at radius 3 is 2.69 bits per heavy atom. The van der Waals surface area contributed by atoms with Crippen LogP contribution in [0.2, 0.25) is 0 Å². The summed E-state index contributed by atoms with van der Waals surface area (Å²) in [6.45, 7) is 4.36. The molecule has 0 spiro atoms. The number of aromatic hydroxyl groups is 2. The van der Waals surface area contributed by atoms with Crippen LogP contribution in [0.15, 0.2) is 18.2 Å². The Kier molecular flexibility index (Phi) is 5.08. The van der Waals surface area contributed by atoms with Gasteiger partial charge in [-0.1, -0.05) is 13.0 Å². The molecular formula is C12H19NO3. The molecule has 1 unspecified atom stereocenters. The lowest BCUT2D eigenvalue weighted by atomic mass is 10.1. The van der Waals surface area contributed by atoms with Crippen LogP contribution >= 0.6 is 0 Å². The molecule has 0 fully saturated rings. The summed E-state index contributed by atoms with van der Waals surface area (Å²) in [5, 5.41) is 21.7. The quantitative estimate of drug-likeness (QED) is 0.642. The highest BCUT2D eigenvalue weighted by Gasteiger charge is 2.02. The first-order chi connectivity index (χ1) is 7.63. The Labute approximate surface area is 95.9 Å². The molecule has 1 aromatic carbocycles. The molecule has 0 aliphatic heterocycles. The summed E-state index contributed by atoms with van der Waals surface area (Å²) in [5.74, 6) is 0.288. The zero-order valence-corrected chi connectivity index (χ0v) is 9.73. The standard InChI is InChI=1S/C12H19NO3/c1-9(8-16-2)6-13-7-10-3-4-11(14)12(15)5-10/h3-5,9,13-15H,6-8H2,1-2H3. The molecule has 0 amide bonds. The first-order valence-corrected chi connectivity index (χ1v) is 5.34. The number of phenolic OH excluding ortho intramolecular Hbond substituents is 2. The van der Waals surface area contributed by atoms with Crippen molar-refractivity contribution in [2.75, 3.05) is 20.3 Å². The van der Waals surface area contributed by atoms with Crippen LogP contribution in [0.1, 0.15) is 12.5 Å². The van der Waals surface area contributed by atoms with Gasteiger partial charge >= 0.3 is 0 Å². The normalized spacial score (nSPS) is 12.6. The van der Waals surface area contributed by atoms with E-state index < -0.39 is 0 Å². The van der Waals surface area contributed by atoms with Crippen LogP contribution in [0.3, 0.4) is 0 Å². The second kappa shape index (κ2) is 6.35. The van der Waals surface area contributed by atoms with E-state index in [9.17, 15) is 5.11 Å². The third-order valence-corrected chi connectivity index (χ3v) is 2.31. The first-order valence-electron chi connectivity index (χ1n) is 5.34. The highest BCUT2D eigenvalue weighted by Crippen LogP contribution is 2.24. The van der Waals surface area contributed by atoms with E-state index in [4.69, 9.17) is 9.84 Å². The molecule has 0 saturated carbocycles. The second-order valence-electron chi connectivity index (χ2n) is 4.01. The molecular weight excluding hydrogens is 206 g/mol. The van der Waals surface area contributed by atoms with Gasteiger partial charge in [-0.05, 0) is 23.6 Å². The van der Waals surface area contributed by atoms with E-state index in [1.165, 1.54) is 6.07 Å². The second-order valence-corrected chi connectivity index (χ2v) is 4.01. The van der Waals surface area contributed by atoms with Crippen molar-refractivity contribution in [1.82, 2.24) is 5.32 Å². The fourth-order valence-electron chi connectivity index (χ4n) is 1.49. The van der Waals surface area contributed by atoms with E-state index in [1.54, 1.807) is 19.2 Å². The van der Waals surface area contributed by atoms with Gasteiger partial charge in [-0.15, -0.1) is 0 Å². The largest absolute Gasteiger partial charge is 0.504 e. The summed E-state index contributed by atoms with van der Waals surface area (Å²) in [7, 11) is 1.69. The van der Waals surface area contributed by atoms with Crippen LogP contribution in [0.25, 0.3) is 0 Å². The summed E-state index contributed by atoms with van der Waals surface area (Å²) in [6.07, 6.45) is 0. The molecule has 0 bridgehead atoms. The van der Waals surface area contributed by atoms with Gasteiger partial charge in [0, 0.05) is 26.8 Å². The lowest BCUT2D eigenvalue weighted by Gasteiger charge is -2.11. The average molecular weight is 225 g/mol. The fourth-order valence-corrected chi connectivity index (χ4v) is 1.49. The summed E-state index contributed by atoms with van der Waals surface area (Å²) >= 11 is 0. The number of methoxy groups -OCH3 is 1. The molecule has 90 valence electrons. The number of nitrogens with one attached hydrogen (secondary N) is 1. The Bertz CT molecular complexity index is 328. The number of rotatable bonds is 6. The van der Waals surface area contributed by atoms with Gasteiger partial charge in [-0.25, -0.2) is 0 Å². The first kappa shape index (κ1) is 12.8. The van der Waals surface area contributed by atoms with Crippen LogP contribution in [0.5, 0.6) is 11.5 Å². The van der Waals surface area contributed by atoms with E-state index in [2.05, 4.69) is 12.2 Å². The monoisotopic (exact) mass is 225 g/mol. The van der Waals surface area contributed by atoms with Crippen LogP contribution in [-0.2, 0) is 11.3 Å². The van der Waals surface area contributed by atoms with Crippen molar-refractivity contribution in [1.29, 1.82) is 0 Å². The molecule has 4 nitrogen and oxygen atoms in total. The smallest absolute Gasteiger partial charge is 0.157 e. The predicted octanol–water partition coefficient (Wildman–Crippen LogP) is 1.47. The minimum absolute atomic E-state index is 0.0794.